The fraction of sp³-hybridized carbons (Fsp3) is 0.500. The number of carbonyl (C=O) groups excluding carboxylic acids is 1. The number of fused-ring (bicyclic) bond motifs is 1. The molecule has 2 aliphatic rings. The summed E-state index contributed by atoms with van der Waals surface area (Å²) in [7, 11) is 1.54. The predicted molar refractivity (Wildman–Crippen MR) is 72.6 cm³/mol. The van der Waals surface area contributed by atoms with Crippen LogP contribution in [0.4, 0.5) is 0 Å². The molecule has 5 nitrogen and oxygen atoms in total. The minimum atomic E-state index is -0.629. The van der Waals surface area contributed by atoms with Gasteiger partial charge in [0.2, 0.25) is 6.08 Å². The van der Waals surface area contributed by atoms with Gasteiger partial charge in [-0.2, -0.15) is 4.99 Å². The van der Waals surface area contributed by atoms with Crippen LogP contribution in [0.25, 0.3) is 0 Å². The summed E-state index contributed by atoms with van der Waals surface area (Å²) in [4.78, 5) is 14.7. The molecular formula is C14H14ClNO4. The molecule has 0 radical (unpaired) electrons. The van der Waals surface area contributed by atoms with Gasteiger partial charge in [0.1, 0.15) is 11.3 Å². The lowest BCUT2D eigenvalue weighted by molar-refractivity contribution is 0.294. The molecular weight excluding hydrogens is 282 g/mol. The van der Waals surface area contributed by atoms with Crippen molar-refractivity contribution in [2.75, 3.05) is 20.3 Å². The third kappa shape index (κ3) is 2.03. The highest BCUT2D eigenvalue weighted by molar-refractivity contribution is 6.32. The van der Waals surface area contributed by atoms with Gasteiger partial charge in [0, 0.05) is 12.5 Å². The van der Waals surface area contributed by atoms with E-state index in [9.17, 15) is 4.79 Å². The van der Waals surface area contributed by atoms with Gasteiger partial charge in [-0.25, -0.2) is 4.79 Å². The summed E-state index contributed by atoms with van der Waals surface area (Å²) in [5, 5.41) is 0.430. The van der Waals surface area contributed by atoms with Crippen LogP contribution in [0.5, 0.6) is 17.2 Å². The van der Waals surface area contributed by atoms with Crippen LogP contribution < -0.4 is 14.2 Å². The number of hydrogen-bond acceptors (Lipinski definition) is 5. The van der Waals surface area contributed by atoms with Crippen LogP contribution in [0.1, 0.15) is 24.8 Å². The topological polar surface area (TPSA) is 57.1 Å². The number of methoxy groups -OCH3 is 1. The van der Waals surface area contributed by atoms with Gasteiger partial charge < -0.3 is 14.2 Å². The lowest BCUT2D eigenvalue weighted by Gasteiger charge is -2.20. The maximum Gasteiger partial charge on any atom is 0.235 e. The van der Waals surface area contributed by atoms with Crippen LogP contribution in [-0.4, -0.2) is 26.4 Å². The molecule has 0 atom stereocenters. The fourth-order valence-electron chi connectivity index (χ4n) is 2.50. The van der Waals surface area contributed by atoms with Crippen LogP contribution in [0.2, 0.25) is 5.02 Å². The highest BCUT2D eigenvalue weighted by Gasteiger charge is 2.50. The number of hydrogen-bond donors (Lipinski definition) is 0. The first-order valence-corrected chi connectivity index (χ1v) is 6.85. The average Bonchev–Trinajstić information content (AvgIpc) is 3.22. The zero-order valence-electron chi connectivity index (χ0n) is 11.1. The third-order valence-electron chi connectivity index (χ3n) is 3.60. The van der Waals surface area contributed by atoms with Crippen molar-refractivity contribution in [2.24, 2.45) is 4.99 Å². The van der Waals surface area contributed by atoms with Crippen molar-refractivity contribution in [3.05, 3.63) is 16.7 Å². The Morgan fingerprint density at radius 2 is 2.15 bits per heavy atom. The van der Waals surface area contributed by atoms with Gasteiger partial charge in [0.05, 0.1) is 30.9 Å². The molecule has 0 bridgehead atoms. The quantitative estimate of drug-likeness (QED) is 0.635. The number of benzene rings is 1. The molecule has 6 heteroatoms. The number of nitrogens with zero attached hydrogens (tertiary/aromatic N) is 1. The van der Waals surface area contributed by atoms with Crippen molar-refractivity contribution >= 4 is 17.7 Å². The van der Waals surface area contributed by atoms with Crippen molar-refractivity contribution in [3.8, 4) is 17.2 Å². The molecule has 1 aliphatic heterocycles. The molecule has 0 spiro atoms. The Hall–Kier alpha value is -1.71. The fourth-order valence-corrected chi connectivity index (χ4v) is 2.77. The van der Waals surface area contributed by atoms with Gasteiger partial charge in [0.25, 0.3) is 0 Å². The average molecular weight is 296 g/mol. The summed E-state index contributed by atoms with van der Waals surface area (Å²) in [5.74, 6) is 1.66. The van der Waals surface area contributed by atoms with E-state index in [0.717, 1.165) is 19.3 Å². The molecule has 0 unspecified atom stereocenters. The maximum atomic E-state index is 10.7. The summed E-state index contributed by atoms with van der Waals surface area (Å²) in [5.41, 5.74) is 0.0724. The van der Waals surface area contributed by atoms with E-state index >= 15 is 0 Å². The SMILES string of the molecule is COc1c(Cl)cc2c(c1C1(N=C=O)CC1)OCCCO2. The lowest BCUT2D eigenvalue weighted by atomic mass is 10.0. The molecule has 1 aromatic carbocycles. The summed E-state index contributed by atoms with van der Waals surface area (Å²) < 4.78 is 16.9. The van der Waals surface area contributed by atoms with Gasteiger partial charge in [-0.1, -0.05) is 11.6 Å². The molecule has 106 valence electrons. The molecule has 1 heterocycles. The molecule has 0 amide bonds. The Bertz CT molecular complexity index is 591. The normalized spacial score (nSPS) is 18.7. The molecule has 0 N–H and O–H groups in total. The zero-order chi connectivity index (χ0) is 14.2. The van der Waals surface area contributed by atoms with E-state index in [2.05, 4.69) is 4.99 Å². The summed E-state index contributed by atoms with van der Waals surface area (Å²) in [6, 6.07) is 1.69. The van der Waals surface area contributed by atoms with Gasteiger partial charge in [0.15, 0.2) is 11.5 Å². The second kappa shape index (κ2) is 5.00. The van der Waals surface area contributed by atoms with E-state index < -0.39 is 5.54 Å². The first-order chi connectivity index (χ1) is 9.72. The molecule has 0 saturated heterocycles. The second-order valence-corrected chi connectivity index (χ2v) is 5.29. The Labute approximate surface area is 121 Å². The molecule has 1 saturated carbocycles. The van der Waals surface area contributed by atoms with E-state index in [-0.39, 0.29) is 0 Å². The second-order valence-electron chi connectivity index (χ2n) is 4.88. The summed E-state index contributed by atoms with van der Waals surface area (Å²) >= 11 is 6.25. The molecule has 1 fully saturated rings. The van der Waals surface area contributed by atoms with Crippen molar-refractivity contribution in [1.29, 1.82) is 0 Å². The highest BCUT2D eigenvalue weighted by atomic mass is 35.5. The molecule has 0 aromatic heterocycles. The van der Waals surface area contributed by atoms with Crippen LogP contribution in [0.15, 0.2) is 11.1 Å². The Balaban J connectivity index is 2.24. The van der Waals surface area contributed by atoms with Crippen molar-refractivity contribution in [1.82, 2.24) is 0 Å². The Morgan fingerprint density at radius 1 is 1.40 bits per heavy atom. The Kier molecular flexibility index (Phi) is 3.32. The van der Waals surface area contributed by atoms with Crippen LogP contribution in [-0.2, 0) is 10.3 Å². The third-order valence-corrected chi connectivity index (χ3v) is 3.88. The van der Waals surface area contributed by atoms with E-state index in [4.69, 9.17) is 25.8 Å². The standard InChI is InChI=1S/C14H14ClNO4/c1-18-12-9(15)7-10-13(20-6-2-5-19-10)11(12)14(3-4-14)16-8-17/h7H,2-6H2,1H3. The monoisotopic (exact) mass is 295 g/mol. The van der Waals surface area contributed by atoms with Crippen molar-refractivity contribution < 1.29 is 19.0 Å². The minimum absolute atomic E-state index is 0.430. The number of isocyanates is 1. The van der Waals surface area contributed by atoms with Crippen LogP contribution >= 0.6 is 11.6 Å². The maximum absolute atomic E-state index is 10.7. The van der Waals surface area contributed by atoms with Crippen molar-refractivity contribution in [3.63, 3.8) is 0 Å². The van der Waals surface area contributed by atoms with Crippen molar-refractivity contribution in [2.45, 2.75) is 24.8 Å². The first-order valence-electron chi connectivity index (χ1n) is 6.47. The Morgan fingerprint density at radius 3 is 2.80 bits per heavy atom. The largest absolute Gasteiger partial charge is 0.495 e. The minimum Gasteiger partial charge on any atom is -0.495 e. The molecule has 20 heavy (non-hydrogen) atoms. The number of ether oxygens (including phenoxy) is 3. The zero-order valence-corrected chi connectivity index (χ0v) is 11.8. The van der Waals surface area contributed by atoms with E-state index in [1.165, 1.54) is 7.11 Å². The summed E-state index contributed by atoms with van der Waals surface area (Å²) in [6.45, 7) is 1.12. The lowest BCUT2D eigenvalue weighted by Crippen LogP contribution is -2.10. The summed E-state index contributed by atoms with van der Waals surface area (Å²) in [6.07, 6.45) is 3.92. The first kappa shape index (κ1) is 13.3. The van der Waals surface area contributed by atoms with Gasteiger partial charge in [-0.05, 0) is 12.8 Å². The number of halogens is 1. The number of aliphatic imine (C=N–C) groups is 1. The molecule has 1 aromatic rings. The number of rotatable bonds is 3. The van der Waals surface area contributed by atoms with Gasteiger partial charge in [-0.15, -0.1) is 0 Å². The van der Waals surface area contributed by atoms with Gasteiger partial charge >= 0.3 is 0 Å². The van der Waals surface area contributed by atoms with Crippen LogP contribution in [0, 0.1) is 0 Å². The van der Waals surface area contributed by atoms with E-state index in [1.807, 2.05) is 0 Å². The smallest absolute Gasteiger partial charge is 0.235 e. The highest BCUT2D eigenvalue weighted by Crippen LogP contribution is 2.59. The van der Waals surface area contributed by atoms with E-state index in [1.54, 1.807) is 12.1 Å². The van der Waals surface area contributed by atoms with Gasteiger partial charge in [-0.3, -0.25) is 0 Å². The van der Waals surface area contributed by atoms with Crippen LogP contribution in [0.3, 0.4) is 0 Å². The van der Waals surface area contributed by atoms with E-state index in [0.29, 0.717) is 41.0 Å². The molecule has 1 aliphatic carbocycles. The molecule has 3 rings (SSSR count). The predicted octanol–water partition coefficient (Wildman–Crippen LogP) is 2.83.